The van der Waals surface area contributed by atoms with E-state index in [2.05, 4.69) is 0 Å². The van der Waals surface area contributed by atoms with Gasteiger partial charge in [0.25, 0.3) is 0 Å². The van der Waals surface area contributed by atoms with Crippen molar-refractivity contribution in [3.8, 4) is 5.75 Å². The highest BCUT2D eigenvalue weighted by atomic mass is 19.1. The number of rotatable bonds is 4. The minimum Gasteiger partial charge on any atom is -0.497 e. The highest BCUT2D eigenvalue weighted by Gasteiger charge is 2.34. The number of benzene rings is 2. The minimum atomic E-state index is -0.239. The molecule has 1 fully saturated rings. The predicted octanol–water partition coefficient (Wildman–Crippen LogP) is 4.04. The second-order valence-corrected chi connectivity index (χ2v) is 6.27. The Hall–Kier alpha value is -2.40. The molecule has 1 unspecified atom stereocenters. The molecule has 140 valence electrons. The fraction of sp³-hybridized carbons (Fsp3) is 0.381. The molecular formula is C21H26FNO3. The van der Waals surface area contributed by atoms with Gasteiger partial charge >= 0.3 is 5.97 Å². The Labute approximate surface area is 154 Å². The smallest absolute Gasteiger partial charge is 0.309 e. The zero-order valence-corrected chi connectivity index (χ0v) is 15.3. The fourth-order valence-electron chi connectivity index (χ4n) is 3.26. The number of ether oxygens (including phenoxy) is 2. The lowest BCUT2D eigenvalue weighted by Crippen LogP contribution is -2.18. The first kappa shape index (κ1) is 19.9. The molecule has 26 heavy (non-hydrogen) atoms. The van der Waals surface area contributed by atoms with Gasteiger partial charge in [0.2, 0.25) is 0 Å². The number of esters is 1. The van der Waals surface area contributed by atoms with Gasteiger partial charge in [-0.15, -0.1) is 0 Å². The van der Waals surface area contributed by atoms with Crippen LogP contribution in [0.3, 0.4) is 0 Å². The Morgan fingerprint density at radius 2 is 1.73 bits per heavy atom. The van der Waals surface area contributed by atoms with Gasteiger partial charge in [-0.1, -0.05) is 30.7 Å². The molecule has 0 saturated heterocycles. The van der Waals surface area contributed by atoms with E-state index in [9.17, 15) is 9.18 Å². The highest BCUT2D eigenvalue weighted by Crippen LogP contribution is 2.40. The molecule has 0 aliphatic heterocycles. The van der Waals surface area contributed by atoms with Gasteiger partial charge in [0.15, 0.2) is 0 Å². The zero-order valence-electron chi connectivity index (χ0n) is 15.3. The average molecular weight is 359 g/mol. The minimum absolute atomic E-state index is 0.0598. The molecule has 2 N–H and O–H groups in total. The van der Waals surface area contributed by atoms with Crippen molar-refractivity contribution in [3.05, 3.63) is 65.5 Å². The lowest BCUT2D eigenvalue weighted by molar-refractivity contribution is -0.145. The molecule has 0 heterocycles. The van der Waals surface area contributed by atoms with Crippen LogP contribution in [-0.4, -0.2) is 20.2 Å². The molecule has 0 bridgehead atoms. The number of hydrogen-bond acceptors (Lipinski definition) is 4. The van der Waals surface area contributed by atoms with E-state index in [0.29, 0.717) is 6.54 Å². The number of halogens is 1. The fourth-order valence-corrected chi connectivity index (χ4v) is 3.26. The maximum atomic E-state index is 12.8. The summed E-state index contributed by atoms with van der Waals surface area (Å²) in [7, 11) is 3.07. The van der Waals surface area contributed by atoms with Gasteiger partial charge in [0.1, 0.15) is 11.6 Å². The van der Waals surface area contributed by atoms with Crippen LogP contribution >= 0.6 is 0 Å². The summed E-state index contributed by atoms with van der Waals surface area (Å²) in [4.78, 5) is 11.6. The Bertz CT molecular complexity index is 662. The standard InChI is InChI=1S/C13H15FO2.C8H11NO/c1-16-13(15)12-4-2-3-11(12)9-5-7-10(14)8-6-9;1-10-8-4-2-7(6-9)3-5-8/h5-8,11-12H,2-4H2,1H3;2-5H,6,9H2,1H3/t11?,12-;/m1./s1. The molecule has 5 heteroatoms. The second-order valence-electron chi connectivity index (χ2n) is 6.27. The van der Waals surface area contributed by atoms with Gasteiger partial charge in [0, 0.05) is 6.54 Å². The van der Waals surface area contributed by atoms with Crippen molar-refractivity contribution in [2.45, 2.75) is 31.7 Å². The third-order valence-corrected chi connectivity index (χ3v) is 4.71. The van der Waals surface area contributed by atoms with Crippen molar-refractivity contribution in [3.63, 3.8) is 0 Å². The van der Waals surface area contributed by atoms with E-state index >= 15 is 0 Å². The van der Waals surface area contributed by atoms with Gasteiger partial charge in [-0.25, -0.2) is 4.39 Å². The first-order chi connectivity index (χ1) is 12.6. The van der Waals surface area contributed by atoms with Gasteiger partial charge in [-0.3, -0.25) is 4.79 Å². The van der Waals surface area contributed by atoms with Crippen LogP contribution in [0, 0.1) is 11.7 Å². The number of nitrogens with two attached hydrogens (primary N) is 1. The summed E-state index contributed by atoms with van der Waals surface area (Å²) >= 11 is 0. The Morgan fingerprint density at radius 3 is 2.27 bits per heavy atom. The summed E-state index contributed by atoms with van der Waals surface area (Å²) in [5.74, 6) is 0.615. The average Bonchev–Trinajstić information content (AvgIpc) is 3.18. The summed E-state index contributed by atoms with van der Waals surface area (Å²) < 4.78 is 22.6. The van der Waals surface area contributed by atoms with E-state index in [1.54, 1.807) is 19.2 Å². The Morgan fingerprint density at radius 1 is 1.08 bits per heavy atom. The van der Waals surface area contributed by atoms with E-state index in [1.165, 1.54) is 19.2 Å². The van der Waals surface area contributed by atoms with Crippen LogP contribution in [-0.2, 0) is 16.1 Å². The number of carbonyl (C=O) groups is 1. The molecule has 0 amide bonds. The quantitative estimate of drug-likeness (QED) is 0.837. The van der Waals surface area contributed by atoms with E-state index in [0.717, 1.165) is 36.1 Å². The summed E-state index contributed by atoms with van der Waals surface area (Å²) in [5, 5.41) is 0. The number of methoxy groups -OCH3 is 2. The predicted molar refractivity (Wildman–Crippen MR) is 99.4 cm³/mol. The van der Waals surface area contributed by atoms with Crippen molar-refractivity contribution >= 4 is 5.97 Å². The largest absolute Gasteiger partial charge is 0.497 e. The zero-order chi connectivity index (χ0) is 18.9. The highest BCUT2D eigenvalue weighted by molar-refractivity contribution is 5.74. The van der Waals surface area contributed by atoms with Gasteiger partial charge < -0.3 is 15.2 Å². The molecule has 2 aromatic carbocycles. The monoisotopic (exact) mass is 359 g/mol. The van der Waals surface area contributed by atoms with E-state index in [4.69, 9.17) is 15.2 Å². The van der Waals surface area contributed by atoms with Gasteiger partial charge in [0.05, 0.1) is 20.1 Å². The second kappa shape index (κ2) is 9.92. The molecule has 4 nitrogen and oxygen atoms in total. The summed E-state index contributed by atoms with van der Waals surface area (Å²) in [6, 6.07) is 14.1. The van der Waals surface area contributed by atoms with Gasteiger partial charge in [-0.05, 0) is 54.2 Å². The number of hydrogen-bond donors (Lipinski definition) is 1. The molecule has 2 aromatic rings. The molecule has 1 aliphatic rings. The first-order valence-corrected chi connectivity index (χ1v) is 8.75. The molecule has 2 atom stereocenters. The van der Waals surface area contributed by atoms with Crippen LogP contribution in [0.25, 0.3) is 0 Å². The Kier molecular flexibility index (Phi) is 7.60. The molecular weight excluding hydrogens is 333 g/mol. The lowest BCUT2D eigenvalue weighted by atomic mass is 9.89. The number of carbonyl (C=O) groups excluding carboxylic acids is 1. The van der Waals surface area contributed by atoms with Crippen molar-refractivity contribution < 1.29 is 18.7 Å². The van der Waals surface area contributed by atoms with E-state index in [-0.39, 0.29) is 23.6 Å². The summed E-state index contributed by atoms with van der Waals surface area (Å²) in [5.41, 5.74) is 7.56. The van der Waals surface area contributed by atoms with Crippen LogP contribution in [0.5, 0.6) is 5.75 Å². The van der Waals surface area contributed by atoms with Crippen LogP contribution in [0.1, 0.15) is 36.3 Å². The van der Waals surface area contributed by atoms with E-state index < -0.39 is 0 Å². The van der Waals surface area contributed by atoms with E-state index in [1.807, 2.05) is 24.3 Å². The first-order valence-electron chi connectivity index (χ1n) is 8.75. The molecule has 1 saturated carbocycles. The SMILES string of the molecule is COC(=O)[C@@H]1CCCC1c1ccc(F)cc1.COc1ccc(CN)cc1. The van der Waals surface area contributed by atoms with Crippen LogP contribution in [0.4, 0.5) is 4.39 Å². The van der Waals surface area contributed by atoms with Crippen molar-refractivity contribution in [1.82, 2.24) is 0 Å². The Balaban J connectivity index is 0.000000209. The maximum absolute atomic E-state index is 12.8. The molecule has 1 aliphatic carbocycles. The molecule has 0 aromatic heterocycles. The van der Waals surface area contributed by atoms with Gasteiger partial charge in [-0.2, -0.15) is 0 Å². The third kappa shape index (κ3) is 5.30. The van der Waals surface area contributed by atoms with Crippen LogP contribution in [0.2, 0.25) is 0 Å². The van der Waals surface area contributed by atoms with Crippen molar-refractivity contribution in [1.29, 1.82) is 0 Å². The van der Waals surface area contributed by atoms with Crippen molar-refractivity contribution in [2.24, 2.45) is 11.7 Å². The van der Waals surface area contributed by atoms with Crippen molar-refractivity contribution in [2.75, 3.05) is 14.2 Å². The molecule has 0 spiro atoms. The topological polar surface area (TPSA) is 61.5 Å². The van der Waals surface area contributed by atoms with Crippen LogP contribution < -0.4 is 10.5 Å². The summed E-state index contributed by atoms with van der Waals surface area (Å²) in [6.07, 6.45) is 2.88. The lowest BCUT2D eigenvalue weighted by Gasteiger charge is -2.17. The summed E-state index contributed by atoms with van der Waals surface area (Å²) in [6.45, 7) is 0.587. The third-order valence-electron chi connectivity index (χ3n) is 4.71. The van der Waals surface area contributed by atoms with Crippen LogP contribution in [0.15, 0.2) is 48.5 Å². The molecule has 0 radical (unpaired) electrons. The maximum Gasteiger partial charge on any atom is 0.309 e. The normalized spacial score (nSPS) is 18.6. The molecule has 3 rings (SSSR count).